The molecule has 2 nitrogen and oxygen atoms in total. The van der Waals surface area contributed by atoms with Gasteiger partial charge in [0.25, 0.3) is 0 Å². The van der Waals surface area contributed by atoms with Crippen LogP contribution in [-0.4, -0.2) is 17.3 Å². The van der Waals surface area contributed by atoms with Crippen LogP contribution in [0.3, 0.4) is 0 Å². The maximum absolute atomic E-state index is 10.3. The lowest BCUT2D eigenvalue weighted by atomic mass is 9.85. The Morgan fingerprint density at radius 2 is 1.75 bits per heavy atom. The number of anilines is 1. The van der Waals surface area contributed by atoms with Gasteiger partial charge in [0.15, 0.2) is 0 Å². The Morgan fingerprint density at radius 1 is 1.12 bits per heavy atom. The molecule has 0 saturated heterocycles. The highest BCUT2D eigenvalue weighted by molar-refractivity contribution is 6.30. The van der Waals surface area contributed by atoms with Gasteiger partial charge in [-0.2, -0.15) is 0 Å². The molecular formula is C13H18ClNO. The van der Waals surface area contributed by atoms with Gasteiger partial charge in [-0.15, -0.1) is 0 Å². The zero-order valence-corrected chi connectivity index (χ0v) is 10.1. The highest BCUT2D eigenvalue weighted by Crippen LogP contribution is 2.28. The minimum Gasteiger partial charge on any atom is -0.388 e. The summed E-state index contributed by atoms with van der Waals surface area (Å²) in [5, 5.41) is 14.3. The molecule has 0 aliphatic heterocycles. The summed E-state index contributed by atoms with van der Waals surface area (Å²) in [6.45, 7) is 0.634. The number of aliphatic hydroxyl groups is 1. The maximum atomic E-state index is 10.3. The molecule has 0 aromatic heterocycles. The first kappa shape index (κ1) is 11.7. The third kappa shape index (κ3) is 3.13. The number of hydrogen-bond donors (Lipinski definition) is 2. The van der Waals surface area contributed by atoms with Gasteiger partial charge in [-0.05, 0) is 37.1 Å². The van der Waals surface area contributed by atoms with E-state index in [1.165, 1.54) is 6.42 Å². The van der Waals surface area contributed by atoms with Crippen LogP contribution >= 0.6 is 11.6 Å². The van der Waals surface area contributed by atoms with Crippen molar-refractivity contribution < 1.29 is 5.11 Å². The summed E-state index contributed by atoms with van der Waals surface area (Å²) in [5.41, 5.74) is 0.501. The molecule has 0 radical (unpaired) electrons. The number of rotatable bonds is 3. The van der Waals surface area contributed by atoms with Gasteiger partial charge in [-0.3, -0.25) is 0 Å². The Bertz CT molecular complexity index is 330. The molecule has 0 amide bonds. The molecule has 0 atom stereocenters. The van der Waals surface area contributed by atoms with E-state index in [0.717, 1.165) is 36.4 Å². The van der Waals surface area contributed by atoms with Crippen LogP contribution in [0.5, 0.6) is 0 Å². The van der Waals surface area contributed by atoms with Crippen molar-refractivity contribution in [3.8, 4) is 0 Å². The molecule has 0 heterocycles. The smallest absolute Gasteiger partial charge is 0.0819 e. The van der Waals surface area contributed by atoms with E-state index >= 15 is 0 Å². The van der Waals surface area contributed by atoms with Crippen molar-refractivity contribution >= 4 is 17.3 Å². The monoisotopic (exact) mass is 239 g/mol. The van der Waals surface area contributed by atoms with E-state index in [1.807, 2.05) is 24.3 Å². The van der Waals surface area contributed by atoms with Crippen molar-refractivity contribution in [3.63, 3.8) is 0 Å². The van der Waals surface area contributed by atoms with Gasteiger partial charge in [-0.1, -0.05) is 30.9 Å². The molecule has 0 unspecified atom stereocenters. The van der Waals surface area contributed by atoms with Crippen molar-refractivity contribution in [1.82, 2.24) is 0 Å². The molecule has 1 aliphatic rings. The second kappa shape index (κ2) is 5.07. The predicted molar refractivity (Wildman–Crippen MR) is 68.0 cm³/mol. The summed E-state index contributed by atoms with van der Waals surface area (Å²) in [6.07, 6.45) is 5.35. The molecule has 88 valence electrons. The highest BCUT2D eigenvalue weighted by Gasteiger charge is 2.28. The van der Waals surface area contributed by atoms with Crippen molar-refractivity contribution in [2.24, 2.45) is 0 Å². The van der Waals surface area contributed by atoms with E-state index in [0.29, 0.717) is 6.54 Å². The number of halogens is 1. The molecule has 1 saturated carbocycles. The van der Waals surface area contributed by atoms with Crippen molar-refractivity contribution in [2.45, 2.75) is 37.7 Å². The zero-order chi connectivity index (χ0) is 11.4. The van der Waals surface area contributed by atoms with Crippen molar-refractivity contribution in [2.75, 3.05) is 11.9 Å². The average molecular weight is 240 g/mol. The van der Waals surface area contributed by atoms with Crippen LogP contribution in [0.1, 0.15) is 32.1 Å². The van der Waals surface area contributed by atoms with Crippen LogP contribution in [0.2, 0.25) is 5.02 Å². The Hall–Kier alpha value is -0.730. The van der Waals surface area contributed by atoms with E-state index in [2.05, 4.69) is 5.32 Å². The molecule has 1 aromatic carbocycles. The molecule has 1 aromatic rings. The van der Waals surface area contributed by atoms with Gasteiger partial charge in [0, 0.05) is 17.3 Å². The van der Waals surface area contributed by atoms with Gasteiger partial charge < -0.3 is 10.4 Å². The molecular weight excluding hydrogens is 222 g/mol. The van der Waals surface area contributed by atoms with E-state index < -0.39 is 5.60 Å². The number of hydrogen-bond acceptors (Lipinski definition) is 2. The molecule has 2 rings (SSSR count). The highest BCUT2D eigenvalue weighted by atomic mass is 35.5. The molecule has 16 heavy (non-hydrogen) atoms. The zero-order valence-electron chi connectivity index (χ0n) is 9.38. The predicted octanol–water partition coefficient (Wildman–Crippen LogP) is 3.45. The minimum absolute atomic E-state index is 0.516. The normalized spacial score (nSPS) is 19.4. The van der Waals surface area contributed by atoms with Crippen LogP contribution in [0.25, 0.3) is 0 Å². The Morgan fingerprint density at radius 3 is 2.38 bits per heavy atom. The standard InChI is InChI=1S/C13H18ClNO/c14-11-4-6-12(7-5-11)15-10-13(16)8-2-1-3-9-13/h4-7,15-16H,1-3,8-10H2. The third-order valence-electron chi connectivity index (χ3n) is 3.25. The summed E-state index contributed by atoms with van der Waals surface area (Å²) < 4.78 is 0. The topological polar surface area (TPSA) is 32.3 Å². The first-order valence-electron chi connectivity index (χ1n) is 5.90. The summed E-state index contributed by atoms with van der Waals surface area (Å²) >= 11 is 5.81. The molecule has 3 heteroatoms. The lowest BCUT2D eigenvalue weighted by molar-refractivity contribution is 0.0167. The van der Waals surface area contributed by atoms with Gasteiger partial charge in [0.2, 0.25) is 0 Å². The lowest BCUT2D eigenvalue weighted by Gasteiger charge is -2.32. The van der Waals surface area contributed by atoms with E-state index in [4.69, 9.17) is 11.6 Å². The van der Waals surface area contributed by atoms with E-state index in [1.54, 1.807) is 0 Å². The fourth-order valence-corrected chi connectivity index (χ4v) is 2.35. The molecule has 2 N–H and O–H groups in total. The molecule has 0 bridgehead atoms. The van der Waals surface area contributed by atoms with Gasteiger partial charge >= 0.3 is 0 Å². The number of benzene rings is 1. The molecule has 1 aliphatic carbocycles. The lowest BCUT2D eigenvalue weighted by Crippen LogP contribution is -2.38. The first-order valence-corrected chi connectivity index (χ1v) is 6.28. The second-order valence-corrected chi connectivity index (χ2v) is 5.08. The summed E-state index contributed by atoms with van der Waals surface area (Å²) in [5.74, 6) is 0. The SMILES string of the molecule is OC1(CNc2ccc(Cl)cc2)CCCCC1. The van der Waals surface area contributed by atoms with Crippen molar-refractivity contribution in [1.29, 1.82) is 0 Å². The third-order valence-corrected chi connectivity index (χ3v) is 3.50. The number of nitrogens with one attached hydrogen (secondary N) is 1. The fraction of sp³-hybridized carbons (Fsp3) is 0.538. The fourth-order valence-electron chi connectivity index (χ4n) is 2.22. The van der Waals surface area contributed by atoms with Gasteiger partial charge in [0.1, 0.15) is 0 Å². The molecule has 1 fully saturated rings. The van der Waals surface area contributed by atoms with Crippen LogP contribution in [0.4, 0.5) is 5.69 Å². The Kier molecular flexibility index (Phi) is 3.72. The Labute approximate surface area is 102 Å². The molecule has 0 spiro atoms. The Balaban J connectivity index is 1.88. The quantitative estimate of drug-likeness (QED) is 0.847. The second-order valence-electron chi connectivity index (χ2n) is 4.65. The van der Waals surface area contributed by atoms with E-state index in [9.17, 15) is 5.11 Å². The summed E-state index contributed by atoms with van der Waals surface area (Å²) in [4.78, 5) is 0. The van der Waals surface area contributed by atoms with Gasteiger partial charge in [-0.25, -0.2) is 0 Å². The van der Waals surface area contributed by atoms with Crippen LogP contribution < -0.4 is 5.32 Å². The maximum Gasteiger partial charge on any atom is 0.0819 e. The first-order chi connectivity index (χ1) is 7.68. The summed E-state index contributed by atoms with van der Waals surface area (Å²) in [6, 6.07) is 7.59. The van der Waals surface area contributed by atoms with Gasteiger partial charge in [0.05, 0.1) is 5.60 Å². The minimum atomic E-state index is -0.516. The van der Waals surface area contributed by atoms with Crippen LogP contribution in [0.15, 0.2) is 24.3 Å². The summed E-state index contributed by atoms with van der Waals surface area (Å²) in [7, 11) is 0. The largest absolute Gasteiger partial charge is 0.388 e. The van der Waals surface area contributed by atoms with Crippen LogP contribution in [-0.2, 0) is 0 Å². The van der Waals surface area contributed by atoms with Crippen LogP contribution in [0, 0.1) is 0 Å². The van der Waals surface area contributed by atoms with E-state index in [-0.39, 0.29) is 0 Å². The average Bonchev–Trinajstić information content (AvgIpc) is 2.29. The van der Waals surface area contributed by atoms with Crippen molar-refractivity contribution in [3.05, 3.63) is 29.3 Å².